The van der Waals surface area contributed by atoms with Gasteiger partial charge in [-0.25, -0.2) is 0 Å². The van der Waals surface area contributed by atoms with Gasteiger partial charge in [0, 0.05) is 19.3 Å². The molecular weight excluding hydrogens is 913 g/mol. The molecule has 1 atom stereocenters. The Hall–Kier alpha value is -1.59. The Balaban J connectivity index is 4.28. The molecule has 0 aromatic carbocycles. The van der Waals surface area contributed by atoms with E-state index >= 15 is 0 Å². The lowest BCUT2D eigenvalue weighted by Gasteiger charge is -2.18. The van der Waals surface area contributed by atoms with Gasteiger partial charge in [0.1, 0.15) is 13.2 Å². The summed E-state index contributed by atoms with van der Waals surface area (Å²) in [5, 5.41) is 0. The molecule has 440 valence electrons. The minimum Gasteiger partial charge on any atom is -0.462 e. The van der Waals surface area contributed by atoms with E-state index in [2.05, 4.69) is 41.5 Å². The van der Waals surface area contributed by atoms with Gasteiger partial charge < -0.3 is 14.2 Å². The Kier molecular flexibility index (Phi) is 57.8. The van der Waals surface area contributed by atoms with E-state index < -0.39 is 6.10 Å². The number of carbonyl (C=O) groups excluding carboxylic acids is 3. The van der Waals surface area contributed by atoms with Gasteiger partial charge in [-0.15, -0.1) is 0 Å². The molecule has 0 fully saturated rings. The topological polar surface area (TPSA) is 78.9 Å². The Morgan fingerprint density at radius 3 is 0.581 bits per heavy atom. The van der Waals surface area contributed by atoms with Crippen LogP contribution in [0.15, 0.2) is 0 Å². The molecule has 0 rings (SSSR count). The van der Waals surface area contributed by atoms with Gasteiger partial charge in [-0.2, -0.15) is 0 Å². The summed E-state index contributed by atoms with van der Waals surface area (Å²) in [6.45, 7) is 13.8. The van der Waals surface area contributed by atoms with Crippen molar-refractivity contribution >= 4 is 17.9 Å². The molecule has 0 aromatic heterocycles. The first kappa shape index (κ1) is 72.4. The molecule has 0 spiro atoms. The summed E-state index contributed by atoms with van der Waals surface area (Å²) in [6, 6.07) is 0. The first-order valence-corrected chi connectivity index (χ1v) is 33.6. The molecule has 74 heavy (non-hydrogen) atoms. The molecule has 0 bridgehead atoms. The first-order chi connectivity index (χ1) is 36.1. The zero-order valence-corrected chi connectivity index (χ0v) is 51.1. The predicted octanol–water partition coefficient (Wildman–Crippen LogP) is 22.6. The summed E-state index contributed by atoms with van der Waals surface area (Å²) < 4.78 is 17.0. The van der Waals surface area contributed by atoms with E-state index in [4.69, 9.17) is 14.2 Å². The molecule has 0 aliphatic heterocycles. The number of unbranched alkanes of at least 4 members (excludes halogenated alkanes) is 44. The van der Waals surface area contributed by atoms with E-state index in [9.17, 15) is 14.4 Å². The lowest BCUT2D eigenvalue weighted by Crippen LogP contribution is -2.30. The highest BCUT2D eigenvalue weighted by Gasteiger charge is 2.20. The molecule has 6 nitrogen and oxygen atoms in total. The number of rotatable bonds is 61. The maximum absolute atomic E-state index is 12.9. The van der Waals surface area contributed by atoms with E-state index in [1.807, 2.05) is 0 Å². The van der Waals surface area contributed by atoms with Crippen molar-refractivity contribution in [1.82, 2.24) is 0 Å². The highest BCUT2D eigenvalue weighted by atomic mass is 16.6. The number of carbonyl (C=O) groups is 3. The van der Waals surface area contributed by atoms with E-state index in [1.165, 1.54) is 263 Å². The molecular formula is C68H132O6. The van der Waals surface area contributed by atoms with E-state index in [-0.39, 0.29) is 31.1 Å². The molecule has 0 radical (unpaired) electrons. The van der Waals surface area contributed by atoms with Gasteiger partial charge in [-0.3, -0.25) is 14.4 Å². The smallest absolute Gasteiger partial charge is 0.306 e. The number of esters is 3. The molecule has 6 heteroatoms. The van der Waals surface area contributed by atoms with Crippen LogP contribution < -0.4 is 0 Å². The van der Waals surface area contributed by atoms with Crippen LogP contribution in [0.25, 0.3) is 0 Å². The molecule has 0 heterocycles. The maximum Gasteiger partial charge on any atom is 0.306 e. The highest BCUT2D eigenvalue weighted by Crippen LogP contribution is 2.20. The van der Waals surface area contributed by atoms with E-state index in [0.717, 1.165) is 75.5 Å². The van der Waals surface area contributed by atoms with Crippen LogP contribution in [0.1, 0.15) is 382 Å². The van der Waals surface area contributed by atoms with Crippen molar-refractivity contribution in [2.75, 3.05) is 13.2 Å². The van der Waals surface area contributed by atoms with Crippen molar-refractivity contribution in [1.29, 1.82) is 0 Å². The summed E-state index contributed by atoms with van der Waals surface area (Å²) in [5.74, 6) is 1.72. The van der Waals surface area contributed by atoms with Crippen molar-refractivity contribution in [3.8, 4) is 0 Å². The van der Waals surface area contributed by atoms with Gasteiger partial charge in [-0.05, 0) is 37.0 Å². The monoisotopic (exact) mass is 1050 g/mol. The molecule has 0 amide bonds. The zero-order chi connectivity index (χ0) is 54.1. The predicted molar refractivity (Wildman–Crippen MR) is 321 cm³/mol. The second kappa shape index (κ2) is 59.1. The van der Waals surface area contributed by atoms with Crippen LogP contribution in [0.5, 0.6) is 0 Å². The van der Waals surface area contributed by atoms with Crippen LogP contribution in [0.2, 0.25) is 0 Å². The van der Waals surface area contributed by atoms with Crippen molar-refractivity contribution < 1.29 is 28.6 Å². The van der Waals surface area contributed by atoms with Crippen LogP contribution in [0.4, 0.5) is 0 Å². The van der Waals surface area contributed by atoms with Crippen LogP contribution in [0.3, 0.4) is 0 Å². The maximum atomic E-state index is 12.9. The fourth-order valence-corrected chi connectivity index (χ4v) is 10.6. The van der Waals surface area contributed by atoms with E-state index in [0.29, 0.717) is 19.3 Å². The van der Waals surface area contributed by atoms with Gasteiger partial charge in [0.15, 0.2) is 6.10 Å². The van der Waals surface area contributed by atoms with Crippen LogP contribution in [0, 0.1) is 17.8 Å². The average Bonchev–Trinajstić information content (AvgIpc) is 3.36. The number of hydrogen-bond donors (Lipinski definition) is 0. The second-order valence-electron chi connectivity index (χ2n) is 24.9. The summed E-state index contributed by atoms with van der Waals surface area (Å²) in [6.07, 6.45) is 65.4. The lowest BCUT2D eigenvalue weighted by atomic mass is 10.0. The Morgan fingerprint density at radius 1 is 0.230 bits per heavy atom. The normalized spacial score (nSPS) is 12.1. The lowest BCUT2D eigenvalue weighted by molar-refractivity contribution is -0.167. The Morgan fingerprint density at radius 2 is 0.392 bits per heavy atom. The van der Waals surface area contributed by atoms with Gasteiger partial charge in [-0.1, -0.05) is 343 Å². The van der Waals surface area contributed by atoms with Crippen LogP contribution in [-0.4, -0.2) is 37.2 Å². The molecule has 0 aliphatic rings. The van der Waals surface area contributed by atoms with Crippen molar-refractivity contribution in [2.45, 2.75) is 388 Å². The third kappa shape index (κ3) is 61.3. The van der Waals surface area contributed by atoms with Gasteiger partial charge in [0.05, 0.1) is 0 Å². The van der Waals surface area contributed by atoms with Crippen LogP contribution in [-0.2, 0) is 28.6 Å². The highest BCUT2D eigenvalue weighted by molar-refractivity contribution is 5.71. The summed E-state index contributed by atoms with van der Waals surface area (Å²) in [5.41, 5.74) is 0. The summed E-state index contributed by atoms with van der Waals surface area (Å²) >= 11 is 0. The van der Waals surface area contributed by atoms with Gasteiger partial charge >= 0.3 is 17.9 Å². The summed E-state index contributed by atoms with van der Waals surface area (Å²) in [7, 11) is 0. The number of hydrogen-bond acceptors (Lipinski definition) is 6. The molecule has 0 unspecified atom stereocenters. The Bertz CT molecular complexity index is 1150. The summed E-state index contributed by atoms with van der Waals surface area (Å²) in [4.78, 5) is 38.4. The zero-order valence-electron chi connectivity index (χ0n) is 51.1. The molecule has 0 aliphatic carbocycles. The number of ether oxygens (including phenoxy) is 3. The standard InChI is InChI=1S/C68H132O6/c1-62(2)54-48-42-36-30-24-18-12-9-7-8-10-14-23-29-35-41-47-53-59-68(71)74-65(61-73-67(70)58-52-46-40-34-28-22-17-16-20-26-32-38-44-50-56-64(5)6)60-72-66(69)57-51-45-39-33-27-21-15-11-13-19-25-31-37-43-49-55-63(3)4/h62-65H,7-61H2,1-6H3/t65-/m0/s1. The quantitative estimate of drug-likeness (QED) is 0.0343. The molecule has 0 aromatic rings. The first-order valence-electron chi connectivity index (χ1n) is 33.6. The Labute approximate surface area is 463 Å². The third-order valence-corrected chi connectivity index (χ3v) is 15.6. The molecule has 0 saturated carbocycles. The van der Waals surface area contributed by atoms with Gasteiger partial charge in [0.2, 0.25) is 0 Å². The minimum absolute atomic E-state index is 0.0621. The minimum atomic E-state index is -0.765. The van der Waals surface area contributed by atoms with Crippen LogP contribution >= 0.6 is 0 Å². The van der Waals surface area contributed by atoms with Crippen molar-refractivity contribution in [3.05, 3.63) is 0 Å². The third-order valence-electron chi connectivity index (χ3n) is 15.6. The average molecular weight is 1050 g/mol. The molecule has 0 N–H and O–H groups in total. The fourth-order valence-electron chi connectivity index (χ4n) is 10.6. The largest absolute Gasteiger partial charge is 0.462 e. The SMILES string of the molecule is CC(C)CCCCCCCCCCCCCCCCCCCCC(=O)O[C@@H](COC(=O)CCCCCCCCCCCCCCCCCC(C)C)COC(=O)CCCCCCCCCCCCCCCCC(C)C. The molecule has 0 saturated heterocycles. The van der Waals surface area contributed by atoms with Crippen molar-refractivity contribution in [3.63, 3.8) is 0 Å². The fraction of sp³-hybridized carbons (Fsp3) is 0.956. The van der Waals surface area contributed by atoms with E-state index in [1.54, 1.807) is 0 Å². The van der Waals surface area contributed by atoms with Crippen molar-refractivity contribution in [2.24, 2.45) is 17.8 Å². The van der Waals surface area contributed by atoms with Gasteiger partial charge in [0.25, 0.3) is 0 Å². The second-order valence-corrected chi connectivity index (χ2v) is 24.9.